The minimum Gasteiger partial charge on any atom is -0.495 e. The predicted octanol–water partition coefficient (Wildman–Crippen LogP) is 3.17. The van der Waals surface area contributed by atoms with Crippen molar-refractivity contribution >= 4 is 21.6 Å². The Hall–Kier alpha value is -2.72. The molecule has 1 fully saturated rings. The second kappa shape index (κ2) is 9.40. The molecule has 2 aromatic rings. The minimum absolute atomic E-state index is 0.0461. The lowest BCUT2D eigenvalue weighted by molar-refractivity contribution is -0.118. The van der Waals surface area contributed by atoms with Gasteiger partial charge in [0.15, 0.2) is 18.2 Å². The van der Waals surface area contributed by atoms with Gasteiger partial charge < -0.3 is 14.8 Å². The fourth-order valence-corrected chi connectivity index (χ4v) is 4.83. The zero-order valence-corrected chi connectivity index (χ0v) is 17.2. The molecule has 1 aliphatic heterocycles. The zero-order chi connectivity index (χ0) is 21.7. The fourth-order valence-electron chi connectivity index (χ4n) is 3.13. The normalized spacial score (nSPS) is 14.9. The summed E-state index contributed by atoms with van der Waals surface area (Å²) in [5.74, 6) is -2.42. The highest BCUT2D eigenvalue weighted by Gasteiger charge is 2.29. The molecule has 10 heteroatoms. The van der Waals surface area contributed by atoms with E-state index < -0.39 is 34.2 Å². The number of carbonyl (C=O) groups excluding carboxylic acids is 1. The van der Waals surface area contributed by atoms with Gasteiger partial charge in [-0.15, -0.1) is 0 Å². The maximum atomic E-state index is 13.6. The standard InChI is InChI=1S/C20H22F2N2O5S/c1-28-18-8-6-15(12-19(18)30(26,27)24-9-3-2-4-10-24)23-20(25)13-29-17-7-5-14(21)11-16(17)22/h5-8,11-12H,2-4,9-10,13H2,1H3,(H,23,25). The van der Waals surface area contributed by atoms with E-state index in [2.05, 4.69) is 5.32 Å². The third-order valence-corrected chi connectivity index (χ3v) is 6.55. The molecule has 1 heterocycles. The molecule has 3 rings (SSSR count). The van der Waals surface area contributed by atoms with Crippen LogP contribution in [0.4, 0.5) is 14.5 Å². The summed E-state index contributed by atoms with van der Waals surface area (Å²) in [7, 11) is -2.42. The van der Waals surface area contributed by atoms with Gasteiger partial charge in [-0.2, -0.15) is 4.31 Å². The lowest BCUT2D eigenvalue weighted by atomic mass is 10.2. The van der Waals surface area contributed by atoms with Gasteiger partial charge in [-0.1, -0.05) is 6.42 Å². The van der Waals surface area contributed by atoms with E-state index >= 15 is 0 Å². The number of rotatable bonds is 7. The van der Waals surface area contributed by atoms with Gasteiger partial charge in [-0.3, -0.25) is 4.79 Å². The highest BCUT2D eigenvalue weighted by atomic mass is 32.2. The summed E-state index contributed by atoms with van der Waals surface area (Å²) in [6.45, 7) is 0.321. The molecule has 0 aromatic heterocycles. The van der Waals surface area contributed by atoms with Crippen molar-refractivity contribution in [3.8, 4) is 11.5 Å². The monoisotopic (exact) mass is 440 g/mol. The summed E-state index contributed by atoms with van der Waals surface area (Å²) in [6, 6.07) is 7.00. The number of anilines is 1. The van der Waals surface area contributed by atoms with Crippen molar-refractivity contribution in [1.82, 2.24) is 4.31 Å². The van der Waals surface area contributed by atoms with Crippen LogP contribution in [-0.2, 0) is 14.8 Å². The number of ether oxygens (including phenoxy) is 2. The van der Waals surface area contributed by atoms with Crippen LogP contribution in [-0.4, -0.2) is 45.4 Å². The summed E-state index contributed by atoms with van der Waals surface area (Å²) >= 11 is 0. The first-order chi connectivity index (χ1) is 14.3. The van der Waals surface area contributed by atoms with Gasteiger partial charge in [-0.05, 0) is 43.2 Å². The molecular weight excluding hydrogens is 418 g/mol. The molecule has 162 valence electrons. The van der Waals surface area contributed by atoms with Crippen LogP contribution in [0.25, 0.3) is 0 Å². The molecule has 1 amide bonds. The van der Waals surface area contributed by atoms with Crippen LogP contribution < -0.4 is 14.8 Å². The SMILES string of the molecule is COc1ccc(NC(=O)COc2ccc(F)cc2F)cc1S(=O)(=O)N1CCCCC1. The van der Waals surface area contributed by atoms with E-state index in [1.807, 2.05) is 0 Å². The smallest absolute Gasteiger partial charge is 0.262 e. The Morgan fingerprint density at radius 1 is 1.07 bits per heavy atom. The van der Waals surface area contributed by atoms with Gasteiger partial charge in [0, 0.05) is 24.8 Å². The average Bonchev–Trinajstić information content (AvgIpc) is 2.73. The van der Waals surface area contributed by atoms with Crippen LogP contribution in [0.3, 0.4) is 0 Å². The highest BCUT2D eigenvalue weighted by molar-refractivity contribution is 7.89. The largest absolute Gasteiger partial charge is 0.495 e. The minimum atomic E-state index is -3.79. The number of sulfonamides is 1. The molecule has 7 nitrogen and oxygen atoms in total. The second-order valence-corrected chi connectivity index (χ2v) is 8.65. The predicted molar refractivity (Wildman–Crippen MR) is 106 cm³/mol. The van der Waals surface area contributed by atoms with E-state index in [0.29, 0.717) is 19.2 Å². The van der Waals surface area contributed by atoms with Crippen molar-refractivity contribution in [1.29, 1.82) is 0 Å². The van der Waals surface area contributed by atoms with Gasteiger partial charge in [0.25, 0.3) is 5.91 Å². The summed E-state index contributed by atoms with van der Waals surface area (Å²) < 4.78 is 64.2. The Kier molecular flexibility index (Phi) is 6.88. The Bertz CT molecular complexity index is 1020. The van der Waals surface area contributed by atoms with Crippen LogP contribution in [0.15, 0.2) is 41.3 Å². The van der Waals surface area contributed by atoms with Crippen LogP contribution in [0, 0.1) is 11.6 Å². The average molecular weight is 440 g/mol. The number of benzene rings is 2. The number of nitrogens with zero attached hydrogens (tertiary/aromatic N) is 1. The molecule has 1 saturated heterocycles. The number of carbonyl (C=O) groups is 1. The molecule has 0 atom stereocenters. The van der Waals surface area contributed by atoms with Gasteiger partial charge in [0.05, 0.1) is 7.11 Å². The first kappa shape index (κ1) is 22.0. The number of piperidine rings is 1. The molecule has 0 bridgehead atoms. The lowest BCUT2D eigenvalue weighted by Gasteiger charge is -2.26. The van der Waals surface area contributed by atoms with Crippen molar-refractivity contribution in [3.05, 3.63) is 48.0 Å². The number of amides is 1. The number of methoxy groups -OCH3 is 1. The van der Waals surface area contributed by atoms with E-state index in [9.17, 15) is 22.0 Å². The molecule has 1 N–H and O–H groups in total. The summed E-state index contributed by atoms with van der Waals surface area (Å²) in [5, 5.41) is 2.51. The zero-order valence-electron chi connectivity index (χ0n) is 16.4. The molecule has 2 aromatic carbocycles. The second-order valence-electron chi connectivity index (χ2n) is 6.74. The van der Waals surface area contributed by atoms with Crippen molar-refractivity contribution in [2.45, 2.75) is 24.2 Å². The molecule has 30 heavy (non-hydrogen) atoms. The molecule has 0 saturated carbocycles. The fraction of sp³-hybridized carbons (Fsp3) is 0.350. The quantitative estimate of drug-likeness (QED) is 0.715. The summed E-state index contributed by atoms with van der Waals surface area (Å²) in [4.78, 5) is 12.1. The first-order valence-electron chi connectivity index (χ1n) is 9.37. The molecule has 0 spiro atoms. The van der Waals surface area contributed by atoms with Crippen molar-refractivity contribution < 1.29 is 31.5 Å². The summed E-state index contributed by atoms with van der Waals surface area (Å²) in [5.41, 5.74) is 0.222. The van der Waals surface area contributed by atoms with E-state index in [1.165, 1.54) is 29.6 Å². The Labute approximate surface area is 173 Å². The van der Waals surface area contributed by atoms with Crippen molar-refractivity contribution in [3.63, 3.8) is 0 Å². The molecule has 1 aliphatic rings. The molecule has 0 aliphatic carbocycles. The molecular formula is C20H22F2N2O5S. The molecule has 0 radical (unpaired) electrons. The van der Waals surface area contributed by atoms with Crippen LogP contribution >= 0.6 is 0 Å². The van der Waals surface area contributed by atoms with Gasteiger partial charge >= 0.3 is 0 Å². The summed E-state index contributed by atoms with van der Waals surface area (Å²) in [6.07, 6.45) is 2.55. The van der Waals surface area contributed by atoms with E-state index in [1.54, 1.807) is 0 Å². The van der Waals surface area contributed by atoms with Crippen LogP contribution in [0.5, 0.6) is 11.5 Å². The molecule has 0 unspecified atom stereocenters. The number of nitrogens with one attached hydrogen (secondary N) is 1. The Morgan fingerprint density at radius 2 is 1.77 bits per heavy atom. The van der Waals surface area contributed by atoms with Crippen molar-refractivity contribution in [2.75, 3.05) is 32.1 Å². The Morgan fingerprint density at radius 3 is 2.43 bits per heavy atom. The first-order valence-corrected chi connectivity index (χ1v) is 10.8. The number of hydrogen-bond acceptors (Lipinski definition) is 5. The van der Waals surface area contributed by atoms with Gasteiger partial charge in [0.1, 0.15) is 16.5 Å². The van der Waals surface area contributed by atoms with E-state index in [-0.39, 0.29) is 22.1 Å². The van der Waals surface area contributed by atoms with E-state index in [4.69, 9.17) is 9.47 Å². The lowest BCUT2D eigenvalue weighted by Crippen LogP contribution is -2.35. The van der Waals surface area contributed by atoms with Gasteiger partial charge in [-0.25, -0.2) is 17.2 Å². The third-order valence-electron chi connectivity index (χ3n) is 4.63. The topological polar surface area (TPSA) is 84.9 Å². The maximum absolute atomic E-state index is 13.6. The van der Waals surface area contributed by atoms with Crippen LogP contribution in [0.1, 0.15) is 19.3 Å². The number of halogens is 2. The highest BCUT2D eigenvalue weighted by Crippen LogP contribution is 2.31. The van der Waals surface area contributed by atoms with Crippen molar-refractivity contribution in [2.24, 2.45) is 0 Å². The third kappa shape index (κ3) is 5.06. The number of hydrogen-bond donors (Lipinski definition) is 1. The van der Waals surface area contributed by atoms with Crippen LogP contribution in [0.2, 0.25) is 0 Å². The maximum Gasteiger partial charge on any atom is 0.262 e. The van der Waals surface area contributed by atoms with Gasteiger partial charge in [0.2, 0.25) is 10.0 Å². The van der Waals surface area contributed by atoms with E-state index in [0.717, 1.165) is 31.4 Å². The Balaban J connectivity index is 1.73.